The molecule has 1 aromatic carbocycles. The van der Waals surface area contributed by atoms with Crippen molar-refractivity contribution in [3.8, 4) is 17.0 Å². The number of morpholine rings is 1. The van der Waals surface area contributed by atoms with Gasteiger partial charge in [0.15, 0.2) is 5.82 Å². The van der Waals surface area contributed by atoms with Gasteiger partial charge < -0.3 is 19.6 Å². The molecule has 10 heteroatoms. The lowest BCUT2D eigenvalue weighted by Crippen LogP contribution is -2.51. The number of hydrogen-bond acceptors (Lipinski definition) is 6. The number of halogens is 3. The number of hydrogen-bond donors (Lipinski definition) is 1. The molecule has 2 atom stereocenters. The van der Waals surface area contributed by atoms with Gasteiger partial charge in [-0.15, -0.1) is 10.2 Å². The fourth-order valence-electron chi connectivity index (χ4n) is 4.11. The van der Waals surface area contributed by atoms with Gasteiger partial charge in [0, 0.05) is 32.1 Å². The summed E-state index contributed by atoms with van der Waals surface area (Å²) in [5.74, 6) is 0.0813. The Morgan fingerprint density at radius 2 is 2.00 bits per heavy atom. The molecule has 0 radical (unpaired) electrons. The Morgan fingerprint density at radius 3 is 2.60 bits per heavy atom. The molecular formula is C20H21F3N4O3. The molecule has 1 aromatic heterocycles. The number of aryl methyl sites for hydroxylation is 1. The molecule has 2 aromatic rings. The fourth-order valence-corrected chi connectivity index (χ4v) is 4.11. The van der Waals surface area contributed by atoms with Crippen LogP contribution in [0.5, 0.6) is 5.75 Å². The second-order valence-electron chi connectivity index (χ2n) is 7.56. The van der Waals surface area contributed by atoms with Crippen molar-refractivity contribution in [2.75, 3.05) is 31.1 Å². The summed E-state index contributed by atoms with van der Waals surface area (Å²) in [6.07, 6.45) is -4.65. The zero-order valence-electron chi connectivity index (χ0n) is 16.5. The minimum absolute atomic E-state index is 0.0114. The molecule has 30 heavy (non-hydrogen) atoms. The lowest BCUT2D eigenvalue weighted by atomic mass is 10.0. The van der Waals surface area contributed by atoms with E-state index in [0.29, 0.717) is 38.1 Å². The third-order valence-corrected chi connectivity index (χ3v) is 5.59. The monoisotopic (exact) mass is 422 g/mol. The number of amides is 1. The van der Waals surface area contributed by atoms with Gasteiger partial charge in [-0.05, 0) is 36.8 Å². The Balaban J connectivity index is 1.60. The van der Waals surface area contributed by atoms with Crippen LogP contribution in [0.25, 0.3) is 11.3 Å². The highest BCUT2D eigenvalue weighted by molar-refractivity contribution is 5.74. The first-order valence-electron chi connectivity index (χ1n) is 9.54. The molecule has 7 nitrogen and oxygen atoms in total. The molecule has 0 bridgehead atoms. The number of ether oxygens (including phenoxy) is 1. The summed E-state index contributed by atoms with van der Waals surface area (Å²) < 4.78 is 44.6. The van der Waals surface area contributed by atoms with E-state index in [1.807, 2.05) is 4.90 Å². The molecule has 160 valence electrons. The van der Waals surface area contributed by atoms with Gasteiger partial charge in [-0.1, -0.05) is 0 Å². The standard InChI is InChI=1S/C20H21F3N4O3/c1-11-7-13(20(21,22)23)8-16(29)19(11)14-3-4-18(25-24-14)27-5-6-30-17-10-26(12(2)28)9-15(17)27/h3-4,7-8,15,17,29H,5-6,9-10H2,1-2H3/t15-,17-/m1/s1. The highest BCUT2D eigenvalue weighted by Crippen LogP contribution is 2.38. The van der Waals surface area contributed by atoms with Crippen molar-refractivity contribution in [1.29, 1.82) is 0 Å². The second kappa shape index (κ2) is 7.42. The van der Waals surface area contributed by atoms with E-state index in [2.05, 4.69) is 10.2 Å². The molecule has 2 aliphatic rings. The molecule has 2 saturated heterocycles. The van der Waals surface area contributed by atoms with Crippen LogP contribution in [0.2, 0.25) is 0 Å². The lowest BCUT2D eigenvalue weighted by Gasteiger charge is -2.37. The Labute approximate surface area is 171 Å². The van der Waals surface area contributed by atoms with Gasteiger partial charge in [0.2, 0.25) is 5.91 Å². The molecule has 0 saturated carbocycles. The van der Waals surface area contributed by atoms with Crippen LogP contribution in [0, 0.1) is 6.92 Å². The van der Waals surface area contributed by atoms with Crippen LogP contribution in [0.4, 0.5) is 19.0 Å². The molecule has 1 N–H and O–H groups in total. The van der Waals surface area contributed by atoms with E-state index in [-0.39, 0.29) is 34.9 Å². The zero-order valence-corrected chi connectivity index (χ0v) is 16.5. The van der Waals surface area contributed by atoms with Crippen LogP contribution in [-0.2, 0) is 15.7 Å². The number of phenolic OH excluding ortho intramolecular Hbond substituents is 1. The molecular weight excluding hydrogens is 401 g/mol. The molecule has 0 unspecified atom stereocenters. The van der Waals surface area contributed by atoms with Crippen LogP contribution in [-0.4, -0.2) is 64.5 Å². The maximum absolute atomic E-state index is 12.9. The summed E-state index contributed by atoms with van der Waals surface area (Å²) in [6.45, 7) is 5.15. The number of alkyl halides is 3. The number of aromatic nitrogens is 2. The second-order valence-corrected chi connectivity index (χ2v) is 7.56. The summed E-state index contributed by atoms with van der Waals surface area (Å²) >= 11 is 0. The summed E-state index contributed by atoms with van der Waals surface area (Å²) in [4.78, 5) is 15.5. The predicted molar refractivity (Wildman–Crippen MR) is 102 cm³/mol. The van der Waals surface area contributed by atoms with E-state index < -0.39 is 17.5 Å². The molecule has 0 aliphatic carbocycles. The highest BCUT2D eigenvalue weighted by atomic mass is 19.4. The van der Waals surface area contributed by atoms with Crippen LogP contribution in [0.15, 0.2) is 24.3 Å². The minimum atomic E-state index is -4.54. The van der Waals surface area contributed by atoms with Crippen molar-refractivity contribution in [3.63, 3.8) is 0 Å². The average Bonchev–Trinajstić information content (AvgIpc) is 3.12. The first-order valence-corrected chi connectivity index (χ1v) is 9.54. The number of carbonyl (C=O) groups is 1. The molecule has 4 rings (SSSR count). The third kappa shape index (κ3) is 3.67. The number of phenols is 1. The van der Waals surface area contributed by atoms with Crippen molar-refractivity contribution in [2.24, 2.45) is 0 Å². The fraction of sp³-hybridized carbons (Fsp3) is 0.450. The van der Waals surface area contributed by atoms with Gasteiger partial charge >= 0.3 is 6.18 Å². The van der Waals surface area contributed by atoms with E-state index in [9.17, 15) is 23.1 Å². The van der Waals surface area contributed by atoms with Gasteiger partial charge in [0.25, 0.3) is 0 Å². The summed E-state index contributed by atoms with van der Waals surface area (Å²) in [7, 11) is 0. The SMILES string of the molecule is CC(=O)N1C[C@@H]2[C@@H](C1)OCCN2c1ccc(-c2c(C)cc(C(F)(F)F)cc2O)nn1. The van der Waals surface area contributed by atoms with Crippen LogP contribution < -0.4 is 4.90 Å². The topological polar surface area (TPSA) is 78.8 Å². The maximum Gasteiger partial charge on any atom is 0.416 e. The summed E-state index contributed by atoms with van der Waals surface area (Å²) in [5.41, 5.74) is -0.167. The van der Waals surface area contributed by atoms with Crippen molar-refractivity contribution in [2.45, 2.75) is 32.2 Å². The lowest BCUT2D eigenvalue weighted by molar-refractivity contribution is -0.137. The summed E-state index contributed by atoms with van der Waals surface area (Å²) in [5, 5.41) is 18.6. The number of fused-ring (bicyclic) bond motifs is 1. The van der Waals surface area contributed by atoms with Crippen molar-refractivity contribution in [3.05, 3.63) is 35.4 Å². The Morgan fingerprint density at radius 1 is 1.23 bits per heavy atom. The number of carbonyl (C=O) groups excluding carboxylic acids is 1. The Bertz CT molecular complexity index is 942. The molecule has 2 aliphatic heterocycles. The quantitative estimate of drug-likeness (QED) is 0.802. The summed E-state index contributed by atoms with van der Waals surface area (Å²) in [6, 6.07) is 4.98. The number of aromatic hydroxyl groups is 1. The van der Waals surface area contributed by atoms with Gasteiger partial charge in [0.05, 0.1) is 30.0 Å². The van der Waals surface area contributed by atoms with E-state index in [4.69, 9.17) is 4.74 Å². The van der Waals surface area contributed by atoms with Gasteiger partial charge in [0.1, 0.15) is 5.75 Å². The van der Waals surface area contributed by atoms with Crippen molar-refractivity contribution in [1.82, 2.24) is 15.1 Å². The maximum atomic E-state index is 12.9. The van der Waals surface area contributed by atoms with Gasteiger partial charge in [-0.25, -0.2) is 0 Å². The van der Waals surface area contributed by atoms with Crippen LogP contribution in [0.3, 0.4) is 0 Å². The molecule has 0 spiro atoms. The number of benzene rings is 1. The number of nitrogens with zero attached hydrogens (tertiary/aromatic N) is 4. The zero-order chi connectivity index (χ0) is 21.6. The highest BCUT2D eigenvalue weighted by Gasteiger charge is 2.41. The Hall–Kier alpha value is -2.88. The van der Waals surface area contributed by atoms with E-state index in [1.54, 1.807) is 17.0 Å². The number of rotatable bonds is 2. The van der Waals surface area contributed by atoms with Gasteiger partial charge in [-0.3, -0.25) is 4.79 Å². The van der Waals surface area contributed by atoms with E-state index >= 15 is 0 Å². The first kappa shape index (κ1) is 20.4. The predicted octanol–water partition coefficient (Wildman–Crippen LogP) is 2.61. The van der Waals surface area contributed by atoms with Gasteiger partial charge in [-0.2, -0.15) is 13.2 Å². The largest absolute Gasteiger partial charge is 0.507 e. The molecule has 2 fully saturated rings. The third-order valence-electron chi connectivity index (χ3n) is 5.59. The van der Waals surface area contributed by atoms with E-state index in [1.165, 1.54) is 13.8 Å². The Kier molecular flexibility index (Phi) is 5.05. The molecule has 1 amide bonds. The van der Waals surface area contributed by atoms with Crippen molar-refractivity contribution >= 4 is 11.7 Å². The normalized spacial score (nSPS) is 21.6. The van der Waals surface area contributed by atoms with Crippen LogP contribution >= 0.6 is 0 Å². The smallest absolute Gasteiger partial charge is 0.416 e. The van der Waals surface area contributed by atoms with Crippen molar-refractivity contribution < 1.29 is 27.8 Å². The average molecular weight is 422 g/mol. The first-order chi connectivity index (χ1) is 14.1. The minimum Gasteiger partial charge on any atom is -0.507 e. The van der Waals surface area contributed by atoms with Crippen LogP contribution in [0.1, 0.15) is 18.1 Å². The number of likely N-dealkylation sites (tertiary alicyclic amines) is 1. The van der Waals surface area contributed by atoms with E-state index in [0.717, 1.165) is 6.07 Å². The molecule has 3 heterocycles. The number of anilines is 1.